The lowest BCUT2D eigenvalue weighted by molar-refractivity contribution is 0.0694. The molecule has 1 saturated heterocycles. The van der Waals surface area contributed by atoms with Gasteiger partial charge in [-0.25, -0.2) is 4.39 Å². The summed E-state index contributed by atoms with van der Waals surface area (Å²) in [4.78, 5) is 19.7. The summed E-state index contributed by atoms with van der Waals surface area (Å²) >= 11 is 0. The summed E-state index contributed by atoms with van der Waals surface area (Å²) in [6.07, 6.45) is 1.66. The number of nitrogens with one attached hydrogen (secondary N) is 2. The predicted molar refractivity (Wildman–Crippen MR) is 117 cm³/mol. The van der Waals surface area contributed by atoms with E-state index in [1.807, 2.05) is 24.3 Å². The van der Waals surface area contributed by atoms with Gasteiger partial charge in [-0.2, -0.15) is 0 Å². The van der Waals surface area contributed by atoms with E-state index >= 15 is 0 Å². The molecule has 2 aromatic rings. The van der Waals surface area contributed by atoms with Crippen LogP contribution in [0.25, 0.3) is 0 Å². The summed E-state index contributed by atoms with van der Waals surface area (Å²) in [5, 5.41) is 7.11. The van der Waals surface area contributed by atoms with E-state index in [-0.39, 0.29) is 11.7 Å². The Kier molecular flexibility index (Phi) is 5.72. The fraction of sp³-hybridized carbons (Fsp3) is 0.391. The molecule has 0 saturated carbocycles. The highest BCUT2D eigenvalue weighted by Gasteiger charge is 2.44. The first-order valence-electron chi connectivity index (χ1n) is 10.3. The zero-order chi connectivity index (χ0) is 21.1. The van der Waals surface area contributed by atoms with E-state index in [1.165, 1.54) is 6.07 Å². The minimum atomic E-state index is -0.515. The molecular weight excluding hydrogens is 383 g/mol. The normalized spacial score (nSPS) is 21.8. The summed E-state index contributed by atoms with van der Waals surface area (Å²) in [5.41, 5.74) is 2.34. The van der Waals surface area contributed by atoms with Crippen LogP contribution in [0.15, 0.2) is 47.5 Å². The molecule has 7 heteroatoms. The lowest BCUT2D eigenvalue weighted by Gasteiger charge is -2.47. The molecule has 2 aliphatic rings. The Bertz CT molecular complexity index is 977. The number of carbonyl (C=O) groups excluding carboxylic acids is 1. The number of carbonyl (C=O) groups is 1. The molecule has 4 rings (SSSR count). The topological polar surface area (TPSA) is 66.0 Å². The Labute approximate surface area is 176 Å². The fourth-order valence-electron chi connectivity index (χ4n) is 4.14. The number of para-hydroxylation sites is 2. The van der Waals surface area contributed by atoms with Crippen molar-refractivity contribution in [3.8, 4) is 0 Å². The molecule has 0 bridgehead atoms. The number of benzene rings is 2. The molecule has 1 atom stereocenters. The number of aryl methyl sites for hydroxylation is 1. The van der Waals surface area contributed by atoms with Crippen molar-refractivity contribution in [2.24, 2.45) is 4.99 Å². The van der Waals surface area contributed by atoms with Gasteiger partial charge < -0.3 is 20.3 Å². The number of halogens is 1. The van der Waals surface area contributed by atoms with E-state index in [0.717, 1.165) is 30.1 Å². The van der Waals surface area contributed by atoms with Crippen LogP contribution in [-0.2, 0) is 4.74 Å². The molecule has 0 radical (unpaired) electrons. The number of hydrogen-bond acceptors (Lipinski definition) is 4. The number of aliphatic imine (C=N–C) groups is 1. The van der Waals surface area contributed by atoms with E-state index in [1.54, 1.807) is 31.1 Å². The van der Waals surface area contributed by atoms with Crippen molar-refractivity contribution in [3.05, 3.63) is 59.4 Å². The van der Waals surface area contributed by atoms with Crippen molar-refractivity contribution < 1.29 is 13.9 Å². The second kappa shape index (κ2) is 8.44. The Morgan fingerprint density at radius 1 is 1.27 bits per heavy atom. The Morgan fingerprint density at radius 2 is 2.07 bits per heavy atom. The standard InChI is InChI=1S/C23H27FN4O2/c1-16-8-9-17(14-18(16)24)21(29)28-12-5-10-23(15-28)22(25-11-13-30-2)26-19-6-3-4-7-20(19)27-23/h3-4,6-9,14,27H,5,10-13,15H2,1-2H3,(H,25,26)/t23-/m0/s1. The van der Waals surface area contributed by atoms with E-state index in [2.05, 4.69) is 10.6 Å². The molecule has 1 amide bonds. The molecule has 2 N–H and O–H groups in total. The number of piperidine rings is 1. The third-order valence-electron chi connectivity index (χ3n) is 5.77. The lowest BCUT2D eigenvalue weighted by atomic mass is 9.84. The van der Waals surface area contributed by atoms with Crippen molar-refractivity contribution in [2.45, 2.75) is 25.3 Å². The Hall–Kier alpha value is -2.93. The fourth-order valence-corrected chi connectivity index (χ4v) is 4.14. The van der Waals surface area contributed by atoms with Crippen molar-refractivity contribution in [3.63, 3.8) is 0 Å². The van der Waals surface area contributed by atoms with Crippen LogP contribution in [-0.4, -0.2) is 55.5 Å². The molecule has 6 nitrogen and oxygen atoms in total. The van der Waals surface area contributed by atoms with Gasteiger partial charge in [-0.3, -0.25) is 9.79 Å². The second-order valence-electron chi connectivity index (χ2n) is 7.90. The molecule has 0 aromatic heterocycles. The maximum atomic E-state index is 14.0. The molecule has 30 heavy (non-hydrogen) atoms. The SMILES string of the molecule is COCCN=C1Nc2ccccc2N[C@]12CCCN(C(=O)c1ccc(C)c(F)c1)C2. The quantitative estimate of drug-likeness (QED) is 0.755. The average molecular weight is 410 g/mol. The molecule has 0 aliphatic carbocycles. The first-order valence-corrected chi connectivity index (χ1v) is 10.3. The first-order chi connectivity index (χ1) is 14.5. The predicted octanol–water partition coefficient (Wildman–Crippen LogP) is 3.69. The van der Waals surface area contributed by atoms with Gasteiger partial charge in [-0.1, -0.05) is 18.2 Å². The summed E-state index contributed by atoms with van der Waals surface area (Å²) in [7, 11) is 1.65. The van der Waals surface area contributed by atoms with Crippen LogP contribution >= 0.6 is 0 Å². The first kappa shape index (κ1) is 20.3. The minimum Gasteiger partial charge on any atom is -0.383 e. The number of ether oxygens (including phenoxy) is 1. The van der Waals surface area contributed by atoms with Gasteiger partial charge >= 0.3 is 0 Å². The van der Waals surface area contributed by atoms with Gasteiger partial charge in [0.1, 0.15) is 17.2 Å². The molecule has 2 heterocycles. The van der Waals surface area contributed by atoms with Crippen molar-refractivity contribution in [1.82, 2.24) is 4.90 Å². The lowest BCUT2D eigenvalue weighted by Crippen LogP contribution is -2.62. The van der Waals surface area contributed by atoms with Gasteiger partial charge in [-0.05, 0) is 49.6 Å². The van der Waals surface area contributed by atoms with Gasteiger partial charge in [0.2, 0.25) is 0 Å². The van der Waals surface area contributed by atoms with E-state index < -0.39 is 5.54 Å². The number of amides is 1. The highest BCUT2D eigenvalue weighted by Crippen LogP contribution is 2.36. The third kappa shape index (κ3) is 3.89. The Morgan fingerprint density at radius 3 is 2.83 bits per heavy atom. The highest BCUT2D eigenvalue weighted by atomic mass is 19.1. The van der Waals surface area contributed by atoms with Crippen molar-refractivity contribution >= 4 is 23.1 Å². The largest absolute Gasteiger partial charge is 0.383 e. The van der Waals surface area contributed by atoms with Gasteiger partial charge in [0.25, 0.3) is 5.91 Å². The molecule has 1 spiro atoms. The van der Waals surface area contributed by atoms with Crippen molar-refractivity contribution in [2.75, 3.05) is 44.0 Å². The third-order valence-corrected chi connectivity index (χ3v) is 5.77. The number of hydrogen-bond donors (Lipinski definition) is 2. The van der Waals surface area contributed by atoms with Crippen LogP contribution in [0.4, 0.5) is 15.8 Å². The van der Waals surface area contributed by atoms with E-state index in [4.69, 9.17) is 9.73 Å². The van der Waals surface area contributed by atoms with Crippen LogP contribution in [0.3, 0.4) is 0 Å². The van der Waals surface area contributed by atoms with Crippen LogP contribution in [0, 0.1) is 12.7 Å². The zero-order valence-corrected chi connectivity index (χ0v) is 17.4. The number of rotatable bonds is 4. The molecule has 2 aromatic carbocycles. The second-order valence-corrected chi connectivity index (χ2v) is 7.90. The number of likely N-dealkylation sites (tertiary alicyclic amines) is 1. The maximum absolute atomic E-state index is 14.0. The van der Waals surface area contributed by atoms with Gasteiger partial charge in [-0.15, -0.1) is 0 Å². The maximum Gasteiger partial charge on any atom is 0.254 e. The van der Waals surface area contributed by atoms with Gasteiger partial charge in [0.05, 0.1) is 31.1 Å². The zero-order valence-electron chi connectivity index (χ0n) is 17.4. The number of nitrogens with zero attached hydrogens (tertiary/aromatic N) is 2. The summed E-state index contributed by atoms with van der Waals surface area (Å²) in [6, 6.07) is 12.6. The number of fused-ring (bicyclic) bond motifs is 1. The van der Waals surface area contributed by atoms with Gasteiger partial charge in [0.15, 0.2) is 0 Å². The number of anilines is 2. The van der Waals surface area contributed by atoms with E-state index in [0.29, 0.717) is 37.4 Å². The Balaban J connectivity index is 1.64. The van der Waals surface area contributed by atoms with E-state index in [9.17, 15) is 9.18 Å². The highest BCUT2D eigenvalue weighted by molar-refractivity contribution is 6.10. The summed E-state index contributed by atoms with van der Waals surface area (Å²) in [6.45, 7) is 3.83. The monoisotopic (exact) mass is 410 g/mol. The number of methoxy groups -OCH3 is 1. The summed E-state index contributed by atoms with van der Waals surface area (Å²) in [5.74, 6) is 0.288. The van der Waals surface area contributed by atoms with Crippen molar-refractivity contribution in [1.29, 1.82) is 0 Å². The molecular formula is C23H27FN4O2. The molecule has 2 aliphatic heterocycles. The smallest absolute Gasteiger partial charge is 0.254 e. The van der Waals surface area contributed by atoms with Gasteiger partial charge in [0, 0.05) is 19.2 Å². The molecule has 0 unspecified atom stereocenters. The van der Waals surface area contributed by atoms with Crippen LogP contribution < -0.4 is 10.6 Å². The van der Waals surface area contributed by atoms with Crippen LogP contribution in [0.1, 0.15) is 28.8 Å². The minimum absolute atomic E-state index is 0.162. The average Bonchev–Trinajstić information content (AvgIpc) is 2.76. The molecule has 1 fully saturated rings. The van der Waals surface area contributed by atoms with Crippen LogP contribution in [0.2, 0.25) is 0 Å². The van der Waals surface area contributed by atoms with Crippen LogP contribution in [0.5, 0.6) is 0 Å². The molecule has 158 valence electrons. The number of amidine groups is 1. The summed E-state index contributed by atoms with van der Waals surface area (Å²) < 4.78 is 19.2.